The van der Waals surface area contributed by atoms with Gasteiger partial charge in [-0.3, -0.25) is 4.79 Å². The zero-order valence-electron chi connectivity index (χ0n) is 17.8. The average Bonchev–Trinajstić information content (AvgIpc) is 3.08. The molecule has 31 heavy (non-hydrogen) atoms. The van der Waals surface area contributed by atoms with E-state index in [9.17, 15) is 9.90 Å². The molecule has 1 N–H and O–H groups in total. The van der Waals surface area contributed by atoms with Crippen molar-refractivity contribution in [3.05, 3.63) is 76.4 Å². The third-order valence-corrected chi connectivity index (χ3v) is 7.45. The van der Waals surface area contributed by atoms with Gasteiger partial charge in [-0.2, -0.15) is 0 Å². The molecule has 0 fully saturated rings. The van der Waals surface area contributed by atoms with E-state index in [0.717, 1.165) is 36.8 Å². The molecule has 1 unspecified atom stereocenters. The zero-order chi connectivity index (χ0) is 22.0. The van der Waals surface area contributed by atoms with Gasteiger partial charge < -0.3 is 5.11 Å². The number of rotatable bonds is 7. The van der Waals surface area contributed by atoms with E-state index in [-0.39, 0.29) is 0 Å². The Morgan fingerprint density at radius 3 is 2.42 bits per heavy atom. The molecule has 2 aromatic heterocycles. The van der Waals surface area contributed by atoms with Gasteiger partial charge in [-0.1, -0.05) is 71.9 Å². The molecule has 4 rings (SSSR count). The van der Waals surface area contributed by atoms with Gasteiger partial charge in [-0.25, -0.2) is 9.97 Å². The molecule has 0 amide bonds. The van der Waals surface area contributed by atoms with Crippen molar-refractivity contribution in [2.45, 2.75) is 43.9 Å². The second-order valence-corrected chi connectivity index (χ2v) is 10.0. The summed E-state index contributed by atoms with van der Waals surface area (Å²) in [5.74, 6) is -0.145. The number of nitrogens with zero attached hydrogens (tertiary/aromatic N) is 2. The van der Waals surface area contributed by atoms with Gasteiger partial charge in [-0.15, -0.1) is 11.3 Å². The van der Waals surface area contributed by atoms with Crippen LogP contribution in [0.15, 0.2) is 59.6 Å². The van der Waals surface area contributed by atoms with E-state index in [1.54, 1.807) is 11.3 Å². The number of carboxylic acids is 1. The summed E-state index contributed by atoms with van der Waals surface area (Å²) in [5, 5.41) is 11.1. The zero-order valence-corrected chi connectivity index (χ0v) is 19.4. The van der Waals surface area contributed by atoms with Gasteiger partial charge in [0.05, 0.1) is 5.39 Å². The number of carboxylic acid groups (broad SMARTS) is 1. The van der Waals surface area contributed by atoms with Crippen molar-refractivity contribution < 1.29 is 9.90 Å². The maximum absolute atomic E-state index is 12.1. The molecule has 4 nitrogen and oxygen atoms in total. The Kier molecular flexibility index (Phi) is 6.39. The molecule has 0 aliphatic heterocycles. The molecule has 6 heteroatoms. The Balaban J connectivity index is 1.70. The first-order valence-electron chi connectivity index (χ1n) is 10.2. The number of thioether (sulfide) groups is 1. The SMILES string of the molecule is Cc1ccc(CCC(Sc2nc(C)nc3sc(C)c(-c4ccccc4)c23)C(=O)O)cc1. The fourth-order valence-corrected chi connectivity index (χ4v) is 5.90. The molecule has 158 valence electrons. The Morgan fingerprint density at radius 2 is 1.74 bits per heavy atom. The van der Waals surface area contributed by atoms with Crippen LogP contribution in [0.4, 0.5) is 0 Å². The number of hydrogen-bond acceptors (Lipinski definition) is 5. The maximum atomic E-state index is 12.1. The summed E-state index contributed by atoms with van der Waals surface area (Å²) < 4.78 is 0. The summed E-state index contributed by atoms with van der Waals surface area (Å²) in [5.41, 5.74) is 4.56. The van der Waals surface area contributed by atoms with Gasteiger partial charge in [0.2, 0.25) is 0 Å². The van der Waals surface area contributed by atoms with Gasteiger partial charge >= 0.3 is 5.97 Å². The molecule has 1 atom stereocenters. The molecular weight excluding hydrogens is 424 g/mol. The topological polar surface area (TPSA) is 63.1 Å². The van der Waals surface area contributed by atoms with Crippen LogP contribution < -0.4 is 0 Å². The number of hydrogen-bond donors (Lipinski definition) is 1. The van der Waals surface area contributed by atoms with Crippen LogP contribution in [0.1, 0.15) is 28.2 Å². The van der Waals surface area contributed by atoms with Crippen molar-refractivity contribution in [2.24, 2.45) is 0 Å². The van der Waals surface area contributed by atoms with Crippen molar-refractivity contribution in [1.82, 2.24) is 9.97 Å². The van der Waals surface area contributed by atoms with E-state index < -0.39 is 11.2 Å². The molecule has 0 aliphatic rings. The van der Waals surface area contributed by atoms with Crippen LogP contribution in [-0.4, -0.2) is 26.3 Å². The second kappa shape index (κ2) is 9.20. The minimum Gasteiger partial charge on any atom is -0.480 e. The third-order valence-electron chi connectivity index (χ3n) is 5.21. The number of carbonyl (C=O) groups is 1. The van der Waals surface area contributed by atoms with Crippen LogP contribution in [0.5, 0.6) is 0 Å². The van der Waals surface area contributed by atoms with Gasteiger partial charge in [0.1, 0.15) is 20.9 Å². The lowest BCUT2D eigenvalue weighted by Crippen LogP contribution is -2.17. The lowest BCUT2D eigenvalue weighted by atomic mass is 10.0. The normalized spacial score (nSPS) is 12.2. The molecule has 2 heterocycles. The Hall–Kier alpha value is -2.70. The molecule has 0 spiro atoms. The van der Waals surface area contributed by atoms with Crippen molar-refractivity contribution in [3.63, 3.8) is 0 Å². The summed E-state index contributed by atoms with van der Waals surface area (Å²) in [4.78, 5) is 23.5. The monoisotopic (exact) mass is 448 g/mol. The minimum atomic E-state index is -0.810. The summed E-state index contributed by atoms with van der Waals surface area (Å²) in [6, 6.07) is 18.5. The van der Waals surface area contributed by atoms with Gasteiger partial charge in [0.15, 0.2) is 0 Å². The first kappa shape index (κ1) is 21.5. The highest BCUT2D eigenvalue weighted by Crippen LogP contribution is 2.42. The van der Waals surface area contributed by atoms with E-state index in [4.69, 9.17) is 0 Å². The molecule has 4 aromatic rings. The van der Waals surface area contributed by atoms with Crippen molar-refractivity contribution in [3.8, 4) is 11.1 Å². The molecule has 0 radical (unpaired) electrons. The van der Waals surface area contributed by atoms with Crippen LogP contribution in [0.2, 0.25) is 0 Å². The van der Waals surface area contributed by atoms with Gasteiger partial charge in [0, 0.05) is 10.4 Å². The largest absolute Gasteiger partial charge is 0.480 e. The van der Waals surface area contributed by atoms with Crippen molar-refractivity contribution in [1.29, 1.82) is 0 Å². The summed E-state index contributed by atoms with van der Waals surface area (Å²) >= 11 is 2.98. The standard InChI is InChI=1S/C25H24N2O2S2/c1-15-9-11-18(12-10-15)13-14-20(25(28)29)31-24-22-21(19-7-5-4-6-8-19)16(2)30-23(22)26-17(3)27-24/h4-12,20H,13-14H2,1-3H3,(H,28,29). The second-order valence-electron chi connectivity index (χ2n) is 7.62. The minimum absolute atomic E-state index is 0.539. The highest BCUT2D eigenvalue weighted by atomic mass is 32.2. The number of aliphatic carboxylic acids is 1. The molecule has 0 aliphatic carbocycles. The molecule has 0 saturated carbocycles. The van der Waals surface area contributed by atoms with E-state index in [0.29, 0.717) is 18.7 Å². The Morgan fingerprint density at radius 1 is 1.03 bits per heavy atom. The molecular formula is C25H24N2O2S2. The Labute approximate surface area is 190 Å². The van der Waals surface area contributed by atoms with E-state index in [1.807, 2.05) is 25.1 Å². The number of aryl methyl sites for hydroxylation is 4. The van der Waals surface area contributed by atoms with Gasteiger partial charge in [0.25, 0.3) is 0 Å². The van der Waals surface area contributed by atoms with Crippen LogP contribution in [0.3, 0.4) is 0 Å². The predicted octanol–water partition coefficient (Wildman–Crippen LogP) is 6.46. The van der Waals surface area contributed by atoms with Crippen LogP contribution >= 0.6 is 23.1 Å². The summed E-state index contributed by atoms with van der Waals surface area (Å²) in [7, 11) is 0. The average molecular weight is 449 g/mol. The smallest absolute Gasteiger partial charge is 0.317 e. The van der Waals surface area contributed by atoms with Gasteiger partial charge in [-0.05, 0) is 44.7 Å². The molecule has 2 aromatic carbocycles. The van der Waals surface area contributed by atoms with Crippen molar-refractivity contribution >= 4 is 39.3 Å². The van der Waals surface area contributed by atoms with Crippen LogP contribution in [-0.2, 0) is 11.2 Å². The summed E-state index contributed by atoms with van der Waals surface area (Å²) in [6.45, 7) is 6.00. The fraction of sp³-hybridized carbons (Fsp3) is 0.240. The summed E-state index contributed by atoms with van der Waals surface area (Å²) in [6.07, 6.45) is 1.25. The maximum Gasteiger partial charge on any atom is 0.317 e. The van der Waals surface area contributed by atoms with E-state index >= 15 is 0 Å². The lowest BCUT2D eigenvalue weighted by molar-refractivity contribution is -0.136. The molecule has 0 saturated heterocycles. The number of fused-ring (bicyclic) bond motifs is 1. The quantitative estimate of drug-likeness (QED) is 0.260. The molecule has 0 bridgehead atoms. The first-order valence-corrected chi connectivity index (χ1v) is 11.9. The number of thiophene rings is 1. The lowest BCUT2D eigenvalue weighted by Gasteiger charge is -2.14. The fourth-order valence-electron chi connectivity index (χ4n) is 3.64. The van der Waals surface area contributed by atoms with Crippen LogP contribution in [0, 0.1) is 20.8 Å². The first-order chi connectivity index (χ1) is 14.9. The predicted molar refractivity (Wildman–Crippen MR) is 129 cm³/mol. The third kappa shape index (κ3) is 4.81. The highest BCUT2D eigenvalue weighted by molar-refractivity contribution is 8.00. The Bertz CT molecular complexity index is 1220. The van der Waals surface area contributed by atoms with E-state index in [1.165, 1.54) is 17.3 Å². The highest BCUT2D eigenvalue weighted by Gasteiger charge is 2.24. The van der Waals surface area contributed by atoms with E-state index in [2.05, 4.69) is 60.2 Å². The van der Waals surface area contributed by atoms with Crippen molar-refractivity contribution in [2.75, 3.05) is 0 Å². The number of benzene rings is 2. The van der Waals surface area contributed by atoms with Crippen LogP contribution in [0.25, 0.3) is 21.3 Å². The number of aromatic nitrogens is 2.